The number of hydrogen-bond acceptors (Lipinski definition) is 3. The van der Waals surface area contributed by atoms with Crippen LogP contribution < -0.4 is 5.32 Å². The van der Waals surface area contributed by atoms with Crippen molar-refractivity contribution in [3.8, 4) is 16.9 Å². The van der Waals surface area contributed by atoms with E-state index in [0.717, 1.165) is 33.3 Å². The number of hydrogen-bond donors (Lipinski definition) is 1. The Morgan fingerprint density at radius 1 is 0.903 bits per heavy atom. The zero-order valence-electron chi connectivity index (χ0n) is 17.0. The van der Waals surface area contributed by atoms with Gasteiger partial charge >= 0.3 is 0 Å². The number of fused-ring (bicyclic) bond motifs is 1. The van der Waals surface area contributed by atoms with E-state index in [1.54, 1.807) is 24.5 Å². The average Bonchev–Trinajstić information content (AvgIpc) is 3.25. The topological polar surface area (TPSA) is 59.8 Å². The number of rotatable bonds is 4. The molecule has 5 nitrogen and oxygen atoms in total. The van der Waals surface area contributed by atoms with Gasteiger partial charge in [-0.15, -0.1) is 0 Å². The quantitative estimate of drug-likeness (QED) is 0.421. The number of aryl methyl sites for hydroxylation is 1. The molecule has 0 unspecified atom stereocenters. The molecule has 0 radical (unpaired) electrons. The Kier molecular flexibility index (Phi) is 4.77. The van der Waals surface area contributed by atoms with Crippen LogP contribution in [-0.4, -0.2) is 20.7 Å². The van der Waals surface area contributed by atoms with Crippen molar-refractivity contribution in [2.45, 2.75) is 6.92 Å². The number of amides is 1. The molecule has 0 saturated heterocycles. The molecule has 2 heterocycles. The summed E-state index contributed by atoms with van der Waals surface area (Å²) in [6.07, 6.45) is 3.28. The van der Waals surface area contributed by atoms with Crippen molar-refractivity contribution in [1.82, 2.24) is 14.8 Å². The Bertz CT molecular complexity index is 1370. The number of benzene rings is 3. The number of aromatic nitrogens is 3. The molecule has 0 spiro atoms. The minimum Gasteiger partial charge on any atom is -0.319 e. The van der Waals surface area contributed by atoms with Crippen LogP contribution in [0.2, 0.25) is 0 Å². The van der Waals surface area contributed by atoms with Crippen LogP contribution in [0.4, 0.5) is 5.69 Å². The molecule has 150 valence electrons. The van der Waals surface area contributed by atoms with E-state index in [1.165, 1.54) is 0 Å². The summed E-state index contributed by atoms with van der Waals surface area (Å²) in [6, 6.07) is 27.9. The molecular weight excluding hydrogens is 384 g/mol. The summed E-state index contributed by atoms with van der Waals surface area (Å²) in [5.74, 6) is -0.277. The number of carbonyl (C=O) groups excluding carboxylic acids is 1. The van der Waals surface area contributed by atoms with Gasteiger partial charge in [-0.25, -0.2) is 4.68 Å². The molecule has 1 amide bonds. The highest BCUT2D eigenvalue weighted by Crippen LogP contribution is 2.31. The Morgan fingerprint density at radius 2 is 1.71 bits per heavy atom. The summed E-state index contributed by atoms with van der Waals surface area (Å²) >= 11 is 0. The van der Waals surface area contributed by atoms with Gasteiger partial charge in [0.25, 0.3) is 5.91 Å². The Morgan fingerprint density at radius 3 is 2.52 bits per heavy atom. The van der Waals surface area contributed by atoms with Crippen LogP contribution in [0.15, 0.2) is 97.3 Å². The van der Waals surface area contributed by atoms with Crippen molar-refractivity contribution in [2.24, 2.45) is 0 Å². The summed E-state index contributed by atoms with van der Waals surface area (Å²) in [5, 5.41) is 9.79. The van der Waals surface area contributed by atoms with Crippen molar-refractivity contribution in [3.63, 3.8) is 0 Å². The monoisotopic (exact) mass is 404 g/mol. The third-order valence-corrected chi connectivity index (χ3v) is 5.21. The third-order valence-electron chi connectivity index (χ3n) is 5.21. The molecule has 1 N–H and O–H groups in total. The first-order valence-corrected chi connectivity index (χ1v) is 10.1. The van der Waals surface area contributed by atoms with Crippen molar-refractivity contribution < 1.29 is 4.79 Å². The van der Waals surface area contributed by atoms with Gasteiger partial charge in [0.05, 0.1) is 23.3 Å². The van der Waals surface area contributed by atoms with E-state index < -0.39 is 0 Å². The highest BCUT2D eigenvalue weighted by Gasteiger charge is 2.18. The van der Waals surface area contributed by atoms with Gasteiger partial charge in [0.2, 0.25) is 0 Å². The van der Waals surface area contributed by atoms with Gasteiger partial charge in [-0.05, 0) is 48.0 Å². The fraction of sp³-hybridized carbons (Fsp3) is 0.0385. The van der Waals surface area contributed by atoms with Gasteiger partial charge in [-0.3, -0.25) is 9.78 Å². The molecular formula is C26H20N4O. The first kappa shape index (κ1) is 18.8. The van der Waals surface area contributed by atoms with Crippen LogP contribution in [-0.2, 0) is 0 Å². The molecule has 31 heavy (non-hydrogen) atoms. The largest absolute Gasteiger partial charge is 0.319 e. The molecule has 0 aliphatic rings. The smallest absolute Gasteiger partial charge is 0.276 e. The van der Waals surface area contributed by atoms with Crippen LogP contribution >= 0.6 is 0 Å². The molecule has 0 fully saturated rings. The summed E-state index contributed by atoms with van der Waals surface area (Å²) < 4.78 is 1.83. The van der Waals surface area contributed by atoms with Crippen molar-refractivity contribution >= 4 is 22.4 Å². The highest BCUT2D eigenvalue weighted by atomic mass is 16.2. The van der Waals surface area contributed by atoms with Gasteiger partial charge in [0.1, 0.15) is 0 Å². The summed E-state index contributed by atoms with van der Waals surface area (Å²) in [6.45, 7) is 2.05. The lowest BCUT2D eigenvalue weighted by molar-refractivity contribution is 0.102. The second-order valence-electron chi connectivity index (χ2n) is 7.38. The van der Waals surface area contributed by atoms with E-state index in [1.807, 2.05) is 60.1 Å². The molecule has 0 saturated carbocycles. The number of nitrogens with zero attached hydrogens (tertiary/aromatic N) is 3. The lowest BCUT2D eigenvalue weighted by Crippen LogP contribution is -2.13. The third kappa shape index (κ3) is 3.69. The second kappa shape index (κ2) is 7.88. The Hall–Kier alpha value is -4.25. The maximum absolute atomic E-state index is 12.9. The first-order chi connectivity index (χ1) is 15.2. The molecule has 5 aromatic rings. The summed E-state index contributed by atoms with van der Waals surface area (Å²) in [5.41, 5.74) is 4.91. The van der Waals surface area contributed by atoms with Crippen LogP contribution in [0.1, 0.15) is 16.1 Å². The summed E-state index contributed by atoms with van der Waals surface area (Å²) in [4.78, 5) is 17.0. The van der Waals surface area contributed by atoms with Crippen molar-refractivity contribution in [2.75, 3.05) is 5.32 Å². The Balaban J connectivity index is 1.65. The van der Waals surface area contributed by atoms with Gasteiger partial charge in [0.15, 0.2) is 5.69 Å². The molecule has 0 aliphatic carbocycles. The van der Waals surface area contributed by atoms with E-state index in [9.17, 15) is 4.79 Å². The molecule has 0 aliphatic heterocycles. The first-order valence-electron chi connectivity index (χ1n) is 10.1. The lowest BCUT2D eigenvalue weighted by atomic mass is 10.0. The predicted octanol–water partition coefficient (Wildman–Crippen LogP) is 5.65. The van der Waals surface area contributed by atoms with Gasteiger partial charge in [-0.1, -0.05) is 60.2 Å². The minimum absolute atomic E-state index is 0.277. The van der Waals surface area contributed by atoms with E-state index >= 15 is 0 Å². The molecule has 5 rings (SSSR count). The van der Waals surface area contributed by atoms with E-state index in [4.69, 9.17) is 0 Å². The number of anilines is 1. The van der Waals surface area contributed by atoms with Crippen LogP contribution in [0.25, 0.3) is 27.7 Å². The van der Waals surface area contributed by atoms with E-state index in [0.29, 0.717) is 11.4 Å². The molecule has 3 aromatic carbocycles. The molecule has 0 bridgehead atoms. The van der Waals surface area contributed by atoms with Crippen LogP contribution in [0.3, 0.4) is 0 Å². The standard InChI is InChI=1S/C26H20N4O/c1-18-11-13-21(14-12-18)30-25(23-10-4-7-19-6-2-3-9-22(19)23)16-24(29-30)26(31)28-20-8-5-15-27-17-20/h2-17H,1H3,(H,28,31). The zero-order chi connectivity index (χ0) is 21.2. The van der Waals surface area contributed by atoms with E-state index in [2.05, 4.69) is 39.7 Å². The van der Waals surface area contributed by atoms with Crippen molar-refractivity contribution in [3.05, 3.63) is 109 Å². The van der Waals surface area contributed by atoms with Crippen LogP contribution in [0.5, 0.6) is 0 Å². The fourth-order valence-corrected chi connectivity index (χ4v) is 3.65. The minimum atomic E-state index is -0.277. The van der Waals surface area contributed by atoms with Gasteiger partial charge in [0, 0.05) is 11.8 Å². The lowest BCUT2D eigenvalue weighted by Gasteiger charge is -2.10. The molecule has 5 heteroatoms. The SMILES string of the molecule is Cc1ccc(-n2nc(C(=O)Nc3cccnc3)cc2-c2cccc3ccccc23)cc1. The molecule has 0 atom stereocenters. The second-order valence-corrected chi connectivity index (χ2v) is 7.38. The zero-order valence-corrected chi connectivity index (χ0v) is 17.0. The van der Waals surface area contributed by atoms with E-state index in [-0.39, 0.29) is 5.91 Å². The molecule has 2 aromatic heterocycles. The predicted molar refractivity (Wildman–Crippen MR) is 123 cm³/mol. The number of pyridine rings is 1. The maximum atomic E-state index is 12.9. The number of nitrogens with one attached hydrogen (secondary N) is 1. The van der Waals surface area contributed by atoms with Crippen LogP contribution in [0, 0.1) is 6.92 Å². The fourth-order valence-electron chi connectivity index (χ4n) is 3.65. The normalized spacial score (nSPS) is 10.9. The highest BCUT2D eigenvalue weighted by molar-refractivity contribution is 6.04. The van der Waals surface area contributed by atoms with Gasteiger partial charge in [-0.2, -0.15) is 5.10 Å². The number of carbonyl (C=O) groups is 1. The van der Waals surface area contributed by atoms with Crippen molar-refractivity contribution in [1.29, 1.82) is 0 Å². The maximum Gasteiger partial charge on any atom is 0.276 e. The summed E-state index contributed by atoms with van der Waals surface area (Å²) in [7, 11) is 0. The Labute approximate surface area is 180 Å². The average molecular weight is 404 g/mol. The van der Waals surface area contributed by atoms with Gasteiger partial charge < -0.3 is 5.32 Å².